The van der Waals surface area contributed by atoms with Crippen molar-refractivity contribution in [1.82, 2.24) is 19.9 Å². The molecule has 1 N–H and O–H groups in total. The Morgan fingerprint density at radius 3 is 2.69 bits per heavy atom. The Hall–Kier alpha value is -2.83. The molecule has 1 fully saturated rings. The Balaban J connectivity index is 1.49. The van der Waals surface area contributed by atoms with Crippen LogP contribution >= 0.6 is 11.3 Å². The number of aromatic nitrogens is 3. The Bertz CT molecular complexity index is 1080. The molecule has 0 saturated carbocycles. The number of rotatable bonds is 6. The van der Waals surface area contributed by atoms with Gasteiger partial charge < -0.3 is 5.32 Å². The maximum atomic E-state index is 4.87. The molecule has 4 heterocycles. The van der Waals surface area contributed by atoms with Crippen molar-refractivity contribution in [2.24, 2.45) is 0 Å². The predicted molar refractivity (Wildman–Crippen MR) is 119 cm³/mol. The van der Waals surface area contributed by atoms with Crippen LogP contribution in [0.4, 0.5) is 5.82 Å². The van der Waals surface area contributed by atoms with Crippen molar-refractivity contribution in [2.75, 3.05) is 25.0 Å². The van der Waals surface area contributed by atoms with Crippen LogP contribution in [0, 0.1) is 0 Å². The van der Waals surface area contributed by atoms with Crippen molar-refractivity contribution in [3.8, 4) is 11.4 Å². The van der Waals surface area contributed by atoms with Crippen LogP contribution in [-0.4, -0.2) is 39.5 Å². The highest BCUT2D eigenvalue weighted by atomic mass is 32.1. The summed E-state index contributed by atoms with van der Waals surface area (Å²) in [5.74, 6) is 1.59. The zero-order chi connectivity index (χ0) is 19.5. The van der Waals surface area contributed by atoms with Gasteiger partial charge in [0, 0.05) is 34.8 Å². The number of pyridine rings is 1. The Morgan fingerprint density at radius 2 is 1.90 bits per heavy atom. The summed E-state index contributed by atoms with van der Waals surface area (Å²) < 4.78 is 0. The van der Waals surface area contributed by atoms with Crippen LogP contribution in [0.2, 0.25) is 0 Å². The van der Waals surface area contributed by atoms with E-state index in [-0.39, 0.29) is 0 Å². The van der Waals surface area contributed by atoms with Crippen molar-refractivity contribution in [2.45, 2.75) is 18.9 Å². The Morgan fingerprint density at radius 1 is 1.00 bits per heavy atom. The minimum atomic E-state index is 0.369. The van der Waals surface area contributed by atoms with Gasteiger partial charge >= 0.3 is 0 Å². The second-order valence-electron chi connectivity index (χ2n) is 7.31. The van der Waals surface area contributed by atoms with E-state index in [9.17, 15) is 0 Å². The van der Waals surface area contributed by atoms with E-state index in [0.29, 0.717) is 11.9 Å². The summed E-state index contributed by atoms with van der Waals surface area (Å²) in [6.45, 7) is 3.15. The average Bonchev–Trinajstić information content (AvgIpc) is 3.49. The summed E-state index contributed by atoms with van der Waals surface area (Å²) in [5.41, 5.74) is 1.87. The molecule has 0 spiro atoms. The fourth-order valence-electron chi connectivity index (χ4n) is 3.97. The predicted octanol–water partition coefficient (Wildman–Crippen LogP) is 5.00. The molecule has 0 amide bonds. The summed E-state index contributed by atoms with van der Waals surface area (Å²) >= 11 is 1.83. The smallest absolute Gasteiger partial charge is 0.163 e. The molecule has 1 aromatic carbocycles. The van der Waals surface area contributed by atoms with Gasteiger partial charge in [-0.2, -0.15) is 0 Å². The third-order valence-corrected chi connectivity index (χ3v) is 6.41. The molecular weight excluding hydrogens is 378 g/mol. The molecule has 0 radical (unpaired) electrons. The van der Waals surface area contributed by atoms with Gasteiger partial charge in [-0.25, -0.2) is 9.97 Å². The van der Waals surface area contributed by atoms with Crippen LogP contribution < -0.4 is 5.32 Å². The zero-order valence-electron chi connectivity index (χ0n) is 16.2. The first-order valence-electron chi connectivity index (χ1n) is 10.1. The highest BCUT2D eigenvalue weighted by molar-refractivity contribution is 7.10. The molecule has 1 saturated heterocycles. The van der Waals surface area contributed by atoms with E-state index in [0.717, 1.165) is 41.9 Å². The third kappa shape index (κ3) is 3.86. The number of fused-ring (bicyclic) bond motifs is 1. The van der Waals surface area contributed by atoms with Gasteiger partial charge in [-0.05, 0) is 61.6 Å². The quantitative estimate of drug-likeness (QED) is 0.493. The van der Waals surface area contributed by atoms with Gasteiger partial charge in [-0.3, -0.25) is 9.88 Å². The molecule has 1 atom stereocenters. The number of nitrogens with one attached hydrogen (secondary N) is 1. The average molecular weight is 402 g/mol. The van der Waals surface area contributed by atoms with Crippen LogP contribution in [0.1, 0.15) is 23.8 Å². The van der Waals surface area contributed by atoms with E-state index in [4.69, 9.17) is 9.97 Å². The number of thiophene rings is 1. The molecule has 5 nitrogen and oxygen atoms in total. The largest absolute Gasteiger partial charge is 0.367 e. The molecule has 29 heavy (non-hydrogen) atoms. The highest BCUT2D eigenvalue weighted by Gasteiger charge is 2.24. The first-order valence-corrected chi connectivity index (χ1v) is 10.9. The lowest BCUT2D eigenvalue weighted by Gasteiger charge is -2.27. The number of likely N-dealkylation sites (tertiary alicyclic amines) is 1. The lowest BCUT2D eigenvalue weighted by molar-refractivity contribution is 0.259. The first-order chi connectivity index (χ1) is 14.4. The van der Waals surface area contributed by atoms with Gasteiger partial charge in [-0.1, -0.05) is 18.2 Å². The van der Waals surface area contributed by atoms with Crippen molar-refractivity contribution < 1.29 is 0 Å². The van der Waals surface area contributed by atoms with Gasteiger partial charge in [0.2, 0.25) is 0 Å². The van der Waals surface area contributed by atoms with E-state index < -0.39 is 0 Å². The molecule has 0 bridgehead atoms. The van der Waals surface area contributed by atoms with Gasteiger partial charge in [-0.15, -0.1) is 11.3 Å². The highest BCUT2D eigenvalue weighted by Crippen LogP contribution is 2.30. The fraction of sp³-hybridized carbons (Fsp3) is 0.261. The van der Waals surface area contributed by atoms with Crippen LogP contribution in [0.5, 0.6) is 0 Å². The molecule has 3 aromatic heterocycles. The van der Waals surface area contributed by atoms with Crippen molar-refractivity contribution in [3.05, 3.63) is 71.2 Å². The molecule has 1 aliphatic heterocycles. The molecule has 0 unspecified atom stereocenters. The molecule has 146 valence electrons. The maximum Gasteiger partial charge on any atom is 0.163 e. The molecule has 4 aromatic rings. The van der Waals surface area contributed by atoms with Crippen molar-refractivity contribution >= 4 is 28.1 Å². The molecule has 5 rings (SSSR count). The van der Waals surface area contributed by atoms with E-state index in [1.54, 1.807) is 6.20 Å². The number of para-hydroxylation sites is 1. The minimum absolute atomic E-state index is 0.369. The SMILES string of the molecule is c1cncc(-c2nc(NC[C@@H](c3cccs3)N3CCCC3)c3ccccc3n2)c1. The van der Waals surface area contributed by atoms with Crippen LogP contribution in [0.15, 0.2) is 66.3 Å². The molecule has 1 aliphatic rings. The second-order valence-corrected chi connectivity index (χ2v) is 8.29. The Labute approximate surface area is 174 Å². The number of nitrogens with zero attached hydrogens (tertiary/aromatic N) is 4. The summed E-state index contributed by atoms with van der Waals surface area (Å²) in [4.78, 5) is 17.9. The molecule has 0 aliphatic carbocycles. The van der Waals surface area contributed by atoms with Crippen molar-refractivity contribution in [3.63, 3.8) is 0 Å². The summed E-state index contributed by atoms with van der Waals surface area (Å²) in [6, 6.07) is 16.9. The lowest BCUT2D eigenvalue weighted by Crippen LogP contribution is -2.30. The number of benzene rings is 1. The number of hydrogen-bond donors (Lipinski definition) is 1. The van der Waals surface area contributed by atoms with E-state index in [1.165, 1.54) is 17.7 Å². The lowest BCUT2D eigenvalue weighted by atomic mass is 10.2. The van der Waals surface area contributed by atoms with Crippen LogP contribution in [-0.2, 0) is 0 Å². The van der Waals surface area contributed by atoms with E-state index in [1.807, 2.05) is 47.9 Å². The van der Waals surface area contributed by atoms with Gasteiger partial charge in [0.1, 0.15) is 5.82 Å². The standard InChI is InChI=1S/C23H23N5S/c1-2-9-19-18(8-1)23(27-22(26-19)17-7-5-11-24-15-17)25-16-20(21-10-6-14-29-21)28-12-3-4-13-28/h1-2,5-11,14-15,20H,3-4,12-13,16H2,(H,25,26,27)/t20-/m0/s1. The third-order valence-electron chi connectivity index (χ3n) is 5.44. The van der Waals surface area contributed by atoms with Crippen LogP contribution in [0.3, 0.4) is 0 Å². The normalized spacial score (nSPS) is 15.6. The van der Waals surface area contributed by atoms with E-state index in [2.05, 4.69) is 38.8 Å². The summed E-state index contributed by atoms with van der Waals surface area (Å²) in [5, 5.41) is 6.87. The van der Waals surface area contributed by atoms with Crippen molar-refractivity contribution in [1.29, 1.82) is 0 Å². The minimum Gasteiger partial charge on any atom is -0.367 e. The van der Waals surface area contributed by atoms with Gasteiger partial charge in [0.05, 0.1) is 11.6 Å². The topological polar surface area (TPSA) is 53.9 Å². The van der Waals surface area contributed by atoms with Crippen LogP contribution in [0.25, 0.3) is 22.3 Å². The first kappa shape index (κ1) is 18.2. The van der Waals surface area contributed by atoms with Gasteiger partial charge in [0.15, 0.2) is 5.82 Å². The maximum absolute atomic E-state index is 4.87. The molecule has 6 heteroatoms. The summed E-state index contributed by atoms with van der Waals surface area (Å²) in [7, 11) is 0. The monoisotopic (exact) mass is 401 g/mol. The second kappa shape index (κ2) is 8.27. The number of hydrogen-bond acceptors (Lipinski definition) is 6. The van der Waals surface area contributed by atoms with Gasteiger partial charge in [0.25, 0.3) is 0 Å². The fourth-order valence-corrected chi connectivity index (χ4v) is 4.83. The zero-order valence-corrected chi connectivity index (χ0v) is 17.0. The number of anilines is 1. The summed E-state index contributed by atoms with van der Waals surface area (Å²) in [6.07, 6.45) is 6.14. The van der Waals surface area contributed by atoms with E-state index >= 15 is 0 Å². The molecular formula is C23H23N5S. The Kier molecular flexibility index (Phi) is 5.19.